The number of anilines is 2. The molecule has 0 atom stereocenters. The molecule has 1 aromatic carbocycles. The topological polar surface area (TPSA) is 54.5 Å². The Morgan fingerprint density at radius 1 is 1.08 bits per heavy atom. The fourth-order valence-electron chi connectivity index (χ4n) is 2.47. The molecule has 5 nitrogen and oxygen atoms in total. The average Bonchev–Trinajstić information content (AvgIpc) is 2.62. The van der Waals surface area contributed by atoms with Gasteiger partial charge in [-0.25, -0.2) is 4.98 Å². The molecule has 2 rings (SSSR count). The lowest BCUT2D eigenvalue weighted by Gasteiger charge is -2.22. The Balaban J connectivity index is 2.04. The van der Waals surface area contributed by atoms with Crippen LogP contribution in [0.25, 0.3) is 0 Å². The van der Waals surface area contributed by atoms with Crippen LogP contribution in [0.5, 0.6) is 5.75 Å². The molecule has 0 spiro atoms. The van der Waals surface area contributed by atoms with Crippen molar-refractivity contribution in [3.63, 3.8) is 0 Å². The maximum absolute atomic E-state index is 12.3. The molecule has 0 radical (unpaired) electrons. The monoisotopic (exact) mass is 327 g/mol. The van der Waals surface area contributed by atoms with E-state index >= 15 is 0 Å². The number of pyridine rings is 1. The SMILES string of the molecule is CCCN(CCC)c1ccc(C(=O)Nc2ccc(OC)cc2)cn1. The van der Waals surface area contributed by atoms with Crippen LogP contribution in [-0.4, -0.2) is 31.1 Å². The zero-order valence-corrected chi connectivity index (χ0v) is 14.6. The van der Waals surface area contributed by atoms with Crippen molar-refractivity contribution in [1.82, 2.24) is 4.98 Å². The first-order chi connectivity index (χ1) is 11.7. The zero-order chi connectivity index (χ0) is 17.4. The Kier molecular flexibility index (Phi) is 6.61. The van der Waals surface area contributed by atoms with Crippen LogP contribution in [0.1, 0.15) is 37.0 Å². The minimum atomic E-state index is -0.170. The number of methoxy groups -OCH3 is 1. The van der Waals surface area contributed by atoms with Gasteiger partial charge in [0.05, 0.1) is 12.7 Å². The van der Waals surface area contributed by atoms with E-state index in [9.17, 15) is 4.79 Å². The van der Waals surface area contributed by atoms with Crippen LogP contribution >= 0.6 is 0 Å². The van der Waals surface area contributed by atoms with Gasteiger partial charge in [-0.2, -0.15) is 0 Å². The lowest BCUT2D eigenvalue weighted by Crippen LogP contribution is -2.26. The lowest BCUT2D eigenvalue weighted by atomic mass is 10.2. The van der Waals surface area contributed by atoms with Gasteiger partial charge in [0, 0.05) is 25.0 Å². The molecule has 24 heavy (non-hydrogen) atoms. The molecule has 1 heterocycles. The average molecular weight is 327 g/mol. The molecule has 1 amide bonds. The second-order valence-corrected chi connectivity index (χ2v) is 5.57. The zero-order valence-electron chi connectivity index (χ0n) is 14.6. The van der Waals surface area contributed by atoms with Crippen molar-refractivity contribution in [2.45, 2.75) is 26.7 Å². The van der Waals surface area contributed by atoms with Gasteiger partial charge >= 0.3 is 0 Å². The quantitative estimate of drug-likeness (QED) is 0.797. The van der Waals surface area contributed by atoms with Crippen molar-refractivity contribution in [3.05, 3.63) is 48.2 Å². The first kappa shape index (κ1) is 17.8. The van der Waals surface area contributed by atoms with Gasteiger partial charge in [-0.1, -0.05) is 13.8 Å². The number of rotatable bonds is 8. The van der Waals surface area contributed by atoms with Gasteiger partial charge in [0.25, 0.3) is 5.91 Å². The van der Waals surface area contributed by atoms with E-state index in [-0.39, 0.29) is 5.91 Å². The van der Waals surface area contributed by atoms with E-state index in [1.165, 1.54) is 0 Å². The van der Waals surface area contributed by atoms with Crippen molar-refractivity contribution >= 4 is 17.4 Å². The number of hydrogen-bond acceptors (Lipinski definition) is 4. The normalized spacial score (nSPS) is 10.3. The van der Waals surface area contributed by atoms with Gasteiger partial charge in [-0.15, -0.1) is 0 Å². The second kappa shape index (κ2) is 8.91. The van der Waals surface area contributed by atoms with Crippen LogP contribution in [-0.2, 0) is 0 Å². The van der Waals surface area contributed by atoms with Crippen LogP contribution in [0.15, 0.2) is 42.6 Å². The third-order valence-corrected chi connectivity index (χ3v) is 3.67. The number of hydrogen-bond donors (Lipinski definition) is 1. The molecule has 2 aromatic rings. The van der Waals surface area contributed by atoms with Gasteiger partial charge in [-0.3, -0.25) is 4.79 Å². The highest BCUT2D eigenvalue weighted by Gasteiger charge is 2.10. The summed E-state index contributed by atoms with van der Waals surface area (Å²) in [4.78, 5) is 19.0. The van der Waals surface area contributed by atoms with Crippen LogP contribution in [0.3, 0.4) is 0 Å². The van der Waals surface area contributed by atoms with E-state index in [4.69, 9.17) is 4.74 Å². The first-order valence-electron chi connectivity index (χ1n) is 8.34. The van der Waals surface area contributed by atoms with E-state index in [2.05, 4.69) is 29.0 Å². The summed E-state index contributed by atoms with van der Waals surface area (Å²) in [5, 5.41) is 2.86. The molecule has 0 saturated carbocycles. The Morgan fingerprint density at radius 3 is 2.25 bits per heavy atom. The van der Waals surface area contributed by atoms with Gasteiger partial charge in [0.1, 0.15) is 11.6 Å². The van der Waals surface area contributed by atoms with Crippen LogP contribution in [0.4, 0.5) is 11.5 Å². The molecule has 0 aliphatic heterocycles. The van der Waals surface area contributed by atoms with Crippen molar-refractivity contribution in [3.8, 4) is 5.75 Å². The predicted molar refractivity (Wildman–Crippen MR) is 98.0 cm³/mol. The summed E-state index contributed by atoms with van der Waals surface area (Å²) in [6.07, 6.45) is 3.77. The molecule has 0 unspecified atom stereocenters. The molecule has 0 saturated heterocycles. The van der Waals surface area contributed by atoms with E-state index in [0.717, 1.165) is 43.2 Å². The molecule has 0 aliphatic rings. The summed E-state index contributed by atoms with van der Waals surface area (Å²) in [5.74, 6) is 1.50. The number of nitrogens with one attached hydrogen (secondary N) is 1. The minimum Gasteiger partial charge on any atom is -0.497 e. The fourth-order valence-corrected chi connectivity index (χ4v) is 2.47. The number of ether oxygens (including phenoxy) is 1. The molecule has 1 aromatic heterocycles. The summed E-state index contributed by atoms with van der Waals surface area (Å²) in [5.41, 5.74) is 1.27. The lowest BCUT2D eigenvalue weighted by molar-refractivity contribution is 0.102. The minimum absolute atomic E-state index is 0.170. The largest absolute Gasteiger partial charge is 0.497 e. The smallest absolute Gasteiger partial charge is 0.257 e. The van der Waals surface area contributed by atoms with E-state index in [1.807, 2.05) is 36.4 Å². The maximum Gasteiger partial charge on any atom is 0.257 e. The molecular weight excluding hydrogens is 302 g/mol. The third-order valence-electron chi connectivity index (χ3n) is 3.67. The van der Waals surface area contributed by atoms with E-state index < -0.39 is 0 Å². The molecule has 0 bridgehead atoms. The second-order valence-electron chi connectivity index (χ2n) is 5.57. The van der Waals surface area contributed by atoms with Crippen LogP contribution in [0, 0.1) is 0 Å². The van der Waals surface area contributed by atoms with Gasteiger partial charge in [-0.05, 0) is 49.2 Å². The Bertz CT molecular complexity index is 633. The number of carbonyl (C=O) groups is 1. The summed E-state index contributed by atoms with van der Waals surface area (Å²) in [6, 6.07) is 11.0. The fraction of sp³-hybridized carbons (Fsp3) is 0.368. The number of carbonyl (C=O) groups excluding carboxylic acids is 1. The van der Waals surface area contributed by atoms with Crippen LogP contribution < -0.4 is 15.0 Å². The number of aromatic nitrogens is 1. The van der Waals surface area contributed by atoms with Crippen molar-refractivity contribution < 1.29 is 9.53 Å². The van der Waals surface area contributed by atoms with Gasteiger partial charge < -0.3 is 15.0 Å². The highest BCUT2D eigenvalue weighted by molar-refractivity contribution is 6.04. The first-order valence-corrected chi connectivity index (χ1v) is 8.34. The van der Waals surface area contributed by atoms with Crippen LogP contribution in [0.2, 0.25) is 0 Å². The molecule has 5 heteroatoms. The molecule has 128 valence electrons. The molecule has 0 aliphatic carbocycles. The van der Waals surface area contributed by atoms with Gasteiger partial charge in [0.2, 0.25) is 0 Å². The summed E-state index contributed by atoms with van der Waals surface area (Å²) in [7, 11) is 1.61. The summed E-state index contributed by atoms with van der Waals surface area (Å²) >= 11 is 0. The van der Waals surface area contributed by atoms with Crippen molar-refractivity contribution in [2.24, 2.45) is 0 Å². The number of benzene rings is 1. The maximum atomic E-state index is 12.3. The molecule has 1 N–H and O–H groups in total. The Morgan fingerprint density at radius 2 is 1.75 bits per heavy atom. The van der Waals surface area contributed by atoms with E-state index in [1.54, 1.807) is 13.3 Å². The summed E-state index contributed by atoms with van der Waals surface area (Å²) < 4.78 is 5.11. The number of amides is 1. The molecular formula is C19H25N3O2. The number of nitrogens with zero attached hydrogens (tertiary/aromatic N) is 2. The molecule has 0 fully saturated rings. The van der Waals surface area contributed by atoms with Crippen molar-refractivity contribution in [1.29, 1.82) is 0 Å². The standard InChI is InChI=1S/C19H25N3O2/c1-4-12-22(13-5-2)18-11-6-15(14-20-18)19(23)21-16-7-9-17(24-3)10-8-16/h6-11,14H,4-5,12-13H2,1-3H3,(H,21,23). The Labute approximate surface area is 143 Å². The van der Waals surface area contributed by atoms with Gasteiger partial charge in [0.15, 0.2) is 0 Å². The highest BCUT2D eigenvalue weighted by atomic mass is 16.5. The third kappa shape index (κ3) is 4.72. The predicted octanol–water partition coefficient (Wildman–Crippen LogP) is 3.97. The van der Waals surface area contributed by atoms with Crippen molar-refractivity contribution in [2.75, 3.05) is 30.4 Å². The van der Waals surface area contributed by atoms with E-state index in [0.29, 0.717) is 5.56 Å². The highest BCUT2D eigenvalue weighted by Crippen LogP contribution is 2.17. The summed E-state index contributed by atoms with van der Waals surface area (Å²) in [6.45, 7) is 6.25. The Hall–Kier alpha value is -2.56.